The number of hydrogen-bond donors (Lipinski definition) is 0. The van der Waals surface area contributed by atoms with Gasteiger partial charge in [0.25, 0.3) is 0 Å². The molecule has 0 fully saturated rings. The minimum Gasteiger partial charge on any atom is -0.759 e. The molecule has 0 aliphatic rings. The van der Waals surface area contributed by atoms with Gasteiger partial charge in [0.15, 0.2) is 0 Å². The van der Waals surface area contributed by atoms with E-state index in [0.29, 0.717) is 0 Å². The molecule has 0 aromatic rings. The maximum Gasteiger partial charge on any atom is 1.00 e. The molecule has 37 valence electrons. The summed E-state index contributed by atoms with van der Waals surface area (Å²) in [5.41, 5.74) is 0. The van der Waals surface area contributed by atoms with Crippen molar-refractivity contribution >= 4 is 10.4 Å². The molecule has 8 heavy (non-hydrogen) atoms. The standard InChI is InChI=1S/Li.Na.H2O4S.V/c;;1-5(2,3)4;/h;;(H2,1,2,3,4);/q2*+1;;/p-2. The second-order valence-electron chi connectivity index (χ2n) is 0.408. The summed E-state index contributed by atoms with van der Waals surface area (Å²) in [4.78, 5) is 0. The molecule has 0 spiro atoms. The molecule has 0 aliphatic heterocycles. The molecule has 8 heteroatoms. The summed E-state index contributed by atoms with van der Waals surface area (Å²) < 4.78 is 34.1. The van der Waals surface area contributed by atoms with Crippen LogP contribution in [0.2, 0.25) is 0 Å². The molecule has 0 aliphatic carbocycles. The van der Waals surface area contributed by atoms with Gasteiger partial charge in [-0.3, -0.25) is 8.42 Å². The van der Waals surface area contributed by atoms with Crippen molar-refractivity contribution in [2.24, 2.45) is 0 Å². The van der Waals surface area contributed by atoms with Gasteiger partial charge in [0.05, 0.1) is 0 Å². The van der Waals surface area contributed by atoms with Crippen molar-refractivity contribution in [2.75, 3.05) is 0 Å². The quantitative estimate of drug-likeness (QED) is 0.209. The smallest absolute Gasteiger partial charge is 0.759 e. The minimum atomic E-state index is -5.17. The van der Waals surface area contributed by atoms with Gasteiger partial charge < -0.3 is 9.11 Å². The molecule has 0 saturated heterocycles. The van der Waals surface area contributed by atoms with Crippen LogP contribution >= 0.6 is 0 Å². The van der Waals surface area contributed by atoms with Crippen LogP contribution in [0.15, 0.2) is 0 Å². The van der Waals surface area contributed by atoms with Crippen LogP contribution in [0, 0.1) is 0 Å². The fourth-order valence-corrected chi connectivity index (χ4v) is 0. The monoisotopic (exact) mass is 177 g/mol. The molecule has 1 radical (unpaired) electrons. The summed E-state index contributed by atoms with van der Waals surface area (Å²) in [6.07, 6.45) is 0. The van der Waals surface area contributed by atoms with Crippen LogP contribution in [0.3, 0.4) is 0 Å². The normalized spacial score (nSPS) is 7.25. The summed E-state index contributed by atoms with van der Waals surface area (Å²) >= 11 is 0. The Labute approximate surface area is 93.7 Å². The van der Waals surface area contributed by atoms with E-state index in [1.807, 2.05) is 0 Å². The third-order valence-electron chi connectivity index (χ3n) is 0. The predicted molar refractivity (Wildman–Crippen MR) is 10.5 cm³/mol. The maximum absolute atomic E-state index is 8.52. The second kappa shape index (κ2) is 9.05. The van der Waals surface area contributed by atoms with E-state index < -0.39 is 10.4 Å². The van der Waals surface area contributed by atoms with Crippen molar-refractivity contribution in [2.45, 2.75) is 0 Å². The van der Waals surface area contributed by atoms with E-state index in [2.05, 4.69) is 0 Å². The third-order valence-corrected chi connectivity index (χ3v) is 0. The van der Waals surface area contributed by atoms with E-state index in [-0.39, 0.29) is 67.0 Å². The first-order valence-corrected chi connectivity index (χ1v) is 2.00. The number of rotatable bonds is 0. The average molecular weight is 177 g/mol. The molecule has 0 N–H and O–H groups in total. The van der Waals surface area contributed by atoms with Gasteiger partial charge in [-0.05, 0) is 0 Å². The summed E-state index contributed by atoms with van der Waals surface area (Å²) in [6.45, 7) is 0. The Kier molecular flexibility index (Phi) is 25.4. The van der Waals surface area contributed by atoms with Gasteiger partial charge >= 0.3 is 48.4 Å². The first kappa shape index (κ1) is 22.5. The Hall–Kier alpha value is 2.05. The summed E-state index contributed by atoms with van der Waals surface area (Å²) in [6, 6.07) is 0. The Bertz CT molecular complexity index is 99.2. The Morgan fingerprint density at radius 2 is 1.12 bits per heavy atom. The largest absolute Gasteiger partial charge is 1.00 e. The molecule has 0 unspecified atom stereocenters. The molecule has 0 rings (SSSR count). The van der Waals surface area contributed by atoms with E-state index >= 15 is 0 Å². The van der Waals surface area contributed by atoms with Crippen LogP contribution in [-0.4, -0.2) is 17.5 Å². The second-order valence-corrected chi connectivity index (χ2v) is 1.22. The third kappa shape index (κ3) is 95.1. The van der Waals surface area contributed by atoms with Gasteiger partial charge in [0, 0.05) is 29.0 Å². The molecule has 0 aromatic heterocycles. The van der Waals surface area contributed by atoms with Crippen molar-refractivity contribution in [3.05, 3.63) is 0 Å². The van der Waals surface area contributed by atoms with E-state index in [0.717, 1.165) is 0 Å². The summed E-state index contributed by atoms with van der Waals surface area (Å²) in [5.74, 6) is 0. The van der Waals surface area contributed by atoms with Crippen molar-refractivity contribution in [3.63, 3.8) is 0 Å². The Morgan fingerprint density at radius 1 is 1.12 bits per heavy atom. The van der Waals surface area contributed by atoms with Gasteiger partial charge in [-0.25, -0.2) is 0 Å². The topological polar surface area (TPSA) is 80.3 Å². The fraction of sp³-hybridized carbons (Fsp3) is 0. The van der Waals surface area contributed by atoms with E-state index in [1.165, 1.54) is 0 Å². The number of hydrogen-bond acceptors (Lipinski definition) is 4. The average Bonchev–Trinajstić information content (AvgIpc) is 0.722. The van der Waals surface area contributed by atoms with Gasteiger partial charge in [-0.1, -0.05) is 0 Å². The van der Waals surface area contributed by atoms with Crippen molar-refractivity contribution in [3.8, 4) is 0 Å². The van der Waals surface area contributed by atoms with Crippen LogP contribution in [0.4, 0.5) is 0 Å². The molecule has 0 saturated carbocycles. The van der Waals surface area contributed by atoms with Crippen LogP contribution in [0.1, 0.15) is 0 Å². The van der Waals surface area contributed by atoms with Gasteiger partial charge in [-0.15, -0.1) is 0 Å². The Balaban J connectivity index is -0.0000000267. The van der Waals surface area contributed by atoms with Crippen LogP contribution in [-0.2, 0) is 29.0 Å². The fourth-order valence-electron chi connectivity index (χ4n) is 0. The van der Waals surface area contributed by atoms with Crippen LogP contribution in [0.25, 0.3) is 0 Å². The van der Waals surface area contributed by atoms with Crippen LogP contribution < -0.4 is 48.4 Å². The van der Waals surface area contributed by atoms with E-state index in [4.69, 9.17) is 17.5 Å². The Morgan fingerprint density at radius 3 is 1.12 bits per heavy atom. The molecular formula is LiNaO4SV. The van der Waals surface area contributed by atoms with Gasteiger partial charge in [-0.2, -0.15) is 0 Å². The molecule has 0 bridgehead atoms. The molecule has 0 heterocycles. The molecule has 0 amide bonds. The molecule has 0 atom stereocenters. The van der Waals surface area contributed by atoms with E-state index in [9.17, 15) is 0 Å². The zero-order valence-corrected chi connectivity index (χ0v) is 8.70. The van der Waals surface area contributed by atoms with Gasteiger partial charge in [0.2, 0.25) is 0 Å². The molecular weight excluding hydrogens is 177 g/mol. The summed E-state index contributed by atoms with van der Waals surface area (Å²) in [5, 5.41) is 0. The van der Waals surface area contributed by atoms with Crippen molar-refractivity contribution in [1.82, 2.24) is 0 Å². The van der Waals surface area contributed by atoms with Crippen molar-refractivity contribution < 1.29 is 84.5 Å². The maximum atomic E-state index is 8.52. The first-order valence-electron chi connectivity index (χ1n) is 0.667. The van der Waals surface area contributed by atoms with Crippen LogP contribution in [0.5, 0.6) is 0 Å². The zero-order chi connectivity index (χ0) is 4.50. The van der Waals surface area contributed by atoms with E-state index in [1.54, 1.807) is 0 Å². The summed E-state index contributed by atoms with van der Waals surface area (Å²) in [7, 11) is -5.17. The minimum absolute atomic E-state index is 0. The SMILES string of the molecule is O=S(=O)([O-])[O-].[Li+].[Na+].[V]. The molecule has 0 aromatic carbocycles. The van der Waals surface area contributed by atoms with Crippen molar-refractivity contribution in [1.29, 1.82) is 0 Å². The predicted octanol–water partition coefficient (Wildman–Crippen LogP) is -7.33. The molecule has 4 nitrogen and oxygen atoms in total. The van der Waals surface area contributed by atoms with Gasteiger partial charge in [0.1, 0.15) is 0 Å². The first-order chi connectivity index (χ1) is 2.00. The zero-order valence-electron chi connectivity index (χ0n) is 4.49.